The molecule has 0 aliphatic carbocycles. The summed E-state index contributed by atoms with van der Waals surface area (Å²) in [5.74, 6) is 0.789. The van der Waals surface area contributed by atoms with Crippen LogP contribution >= 0.6 is 34.2 Å². The summed E-state index contributed by atoms with van der Waals surface area (Å²) < 4.78 is 6.25. The van der Waals surface area contributed by atoms with Crippen molar-refractivity contribution < 1.29 is 4.74 Å². The fourth-order valence-corrected chi connectivity index (χ4v) is 1.59. The van der Waals surface area contributed by atoms with Crippen LogP contribution in [0, 0.1) is 3.57 Å². The molecule has 0 saturated heterocycles. The standard InChI is InChI=1S/C7H7ClINO/c1-2-11-6-4-10-7(8)3-5(6)9/h3-4H,2H2,1H3. The molecule has 0 aromatic carbocycles. The maximum atomic E-state index is 5.65. The zero-order valence-corrected chi connectivity index (χ0v) is 8.89. The molecule has 0 spiro atoms. The fourth-order valence-electron chi connectivity index (χ4n) is 0.657. The van der Waals surface area contributed by atoms with Crippen molar-refractivity contribution in [3.63, 3.8) is 0 Å². The third kappa shape index (κ3) is 2.48. The summed E-state index contributed by atoms with van der Waals surface area (Å²) in [5, 5.41) is 0.498. The highest BCUT2D eigenvalue weighted by atomic mass is 127. The van der Waals surface area contributed by atoms with Gasteiger partial charge in [-0.2, -0.15) is 0 Å². The van der Waals surface area contributed by atoms with Crippen molar-refractivity contribution in [1.82, 2.24) is 4.98 Å². The molecule has 0 saturated carbocycles. The summed E-state index contributed by atoms with van der Waals surface area (Å²) in [4.78, 5) is 3.89. The third-order valence-corrected chi connectivity index (χ3v) is 2.14. The molecule has 0 aliphatic heterocycles. The van der Waals surface area contributed by atoms with Gasteiger partial charge in [-0.15, -0.1) is 0 Å². The molecule has 0 unspecified atom stereocenters. The number of pyridine rings is 1. The molecular formula is C7H7ClINO. The predicted molar refractivity (Wildman–Crippen MR) is 53.1 cm³/mol. The maximum Gasteiger partial charge on any atom is 0.150 e. The van der Waals surface area contributed by atoms with Crippen LogP contribution in [0.4, 0.5) is 0 Å². The second kappa shape index (κ2) is 4.11. The Labute approximate surface area is 84.1 Å². The van der Waals surface area contributed by atoms with Gasteiger partial charge in [-0.1, -0.05) is 11.6 Å². The van der Waals surface area contributed by atoms with E-state index in [1.54, 1.807) is 12.3 Å². The van der Waals surface area contributed by atoms with Crippen molar-refractivity contribution >= 4 is 34.2 Å². The lowest BCUT2D eigenvalue weighted by Crippen LogP contribution is -1.94. The first-order valence-corrected chi connectivity index (χ1v) is 4.63. The van der Waals surface area contributed by atoms with E-state index in [2.05, 4.69) is 27.6 Å². The highest BCUT2D eigenvalue weighted by molar-refractivity contribution is 14.1. The fraction of sp³-hybridized carbons (Fsp3) is 0.286. The van der Waals surface area contributed by atoms with Crippen LogP contribution in [0.5, 0.6) is 5.75 Å². The molecule has 1 aromatic heterocycles. The molecule has 0 N–H and O–H groups in total. The van der Waals surface area contributed by atoms with Gasteiger partial charge in [0.15, 0.2) is 5.75 Å². The van der Waals surface area contributed by atoms with Crippen LogP contribution in [-0.4, -0.2) is 11.6 Å². The van der Waals surface area contributed by atoms with Crippen LogP contribution in [-0.2, 0) is 0 Å². The summed E-state index contributed by atoms with van der Waals surface area (Å²) >= 11 is 7.81. The van der Waals surface area contributed by atoms with E-state index >= 15 is 0 Å². The first kappa shape index (κ1) is 9.06. The van der Waals surface area contributed by atoms with Gasteiger partial charge in [0.1, 0.15) is 5.15 Å². The SMILES string of the molecule is CCOc1cnc(Cl)cc1I. The Hall–Kier alpha value is -0.0300. The summed E-state index contributed by atoms with van der Waals surface area (Å²) in [6, 6.07) is 1.77. The Bertz CT molecular complexity index is 254. The lowest BCUT2D eigenvalue weighted by atomic mass is 10.5. The van der Waals surface area contributed by atoms with Gasteiger partial charge in [-0.05, 0) is 35.6 Å². The maximum absolute atomic E-state index is 5.65. The molecule has 0 radical (unpaired) electrons. The first-order chi connectivity index (χ1) is 5.24. The molecule has 0 bridgehead atoms. The number of aromatic nitrogens is 1. The Morgan fingerprint density at radius 1 is 1.73 bits per heavy atom. The van der Waals surface area contributed by atoms with Crippen molar-refractivity contribution in [1.29, 1.82) is 0 Å². The molecule has 0 atom stereocenters. The monoisotopic (exact) mass is 283 g/mol. The molecule has 11 heavy (non-hydrogen) atoms. The van der Waals surface area contributed by atoms with Crippen LogP contribution < -0.4 is 4.74 Å². The number of nitrogens with zero attached hydrogens (tertiary/aromatic N) is 1. The quantitative estimate of drug-likeness (QED) is 0.615. The molecule has 1 rings (SSSR count). The minimum atomic E-state index is 0.498. The summed E-state index contributed by atoms with van der Waals surface area (Å²) in [6.07, 6.45) is 1.63. The van der Waals surface area contributed by atoms with E-state index in [0.717, 1.165) is 9.32 Å². The van der Waals surface area contributed by atoms with Crippen LogP contribution in [0.3, 0.4) is 0 Å². The molecule has 2 nitrogen and oxygen atoms in total. The minimum Gasteiger partial charge on any atom is -0.491 e. The van der Waals surface area contributed by atoms with Gasteiger partial charge in [0.05, 0.1) is 16.4 Å². The predicted octanol–water partition coefficient (Wildman–Crippen LogP) is 2.74. The molecule has 0 amide bonds. The van der Waals surface area contributed by atoms with Gasteiger partial charge in [0.2, 0.25) is 0 Å². The number of rotatable bonds is 2. The smallest absolute Gasteiger partial charge is 0.150 e. The van der Waals surface area contributed by atoms with Crippen molar-refractivity contribution in [3.8, 4) is 5.75 Å². The second-order valence-electron chi connectivity index (χ2n) is 1.87. The molecule has 0 fully saturated rings. The van der Waals surface area contributed by atoms with Crippen molar-refractivity contribution in [2.45, 2.75) is 6.92 Å². The average molecular weight is 283 g/mol. The zero-order valence-electron chi connectivity index (χ0n) is 5.97. The van der Waals surface area contributed by atoms with E-state index in [0.29, 0.717) is 11.8 Å². The lowest BCUT2D eigenvalue weighted by Gasteiger charge is -2.03. The number of ether oxygens (including phenoxy) is 1. The van der Waals surface area contributed by atoms with Gasteiger partial charge in [0.25, 0.3) is 0 Å². The first-order valence-electron chi connectivity index (χ1n) is 3.18. The van der Waals surface area contributed by atoms with Crippen molar-refractivity contribution in [3.05, 3.63) is 21.0 Å². The Morgan fingerprint density at radius 2 is 2.45 bits per heavy atom. The lowest BCUT2D eigenvalue weighted by molar-refractivity contribution is 0.336. The number of hydrogen-bond acceptors (Lipinski definition) is 2. The summed E-state index contributed by atoms with van der Waals surface area (Å²) in [5.41, 5.74) is 0. The second-order valence-corrected chi connectivity index (χ2v) is 3.42. The van der Waals surface area contributed by atoms with Crippen LogP contribution in [0.25, 0.3) is 0 Å². The van der Waals surface area contributed by atoms with E-state index in [1.807, 2.05) is 6.92 Å². The van der Waals surface area contributed by atoms with Gasteiger partial charge < -0.3 is 4.74 Å². The Kier molecular flexibility index (Phi) is 3.39. The zero-order chi connectivity index (χ0) is 8.27. The highest BCUT2D eigenvalue weighted by Crippen LogP contribution is 2.21. The third-order valence-electron chi connectivity index (χ3n) is 1.09. The minimum absolute atomic E-state index is 0.498. The summed E-state index contributed by atoms with van der Waals surface area (Å²) in [6.45, 7) is 2.59. The van der Waals surface area contributed by atoms with Crippen LogP contribution in [0.2, 0.25) is 5.15 Å². The molecule has 0 aliphatic rings. The molecule has 1 heterocycles. The topological polar surface area (TPSA) is 22.1 Å². The Balaban J connectivity index is 2.90. The largest absolute Gasteiger partial charge is 0.491 e. The highest BCUT2D eigenvalue weighted by Gasteiger charge is 2.00. The number of halogens is 2. The van der Waals surface area contributed by atoms with E-state index in [-0.39, 0.29) is 0 Å². The Morgan fingerprint density at radius 3 is 3.00 bits per heavy atom. The van der Waals surface area contributed by atoms with E-state index in [4.69, 9.17) is 16.3 Å². The van der Waals surface area contributed by atoms with Crippen LogP contribution in [0.1, 0.15) is 6.92 Å². The van der Waals surface area contributed by atoms with E-state index in [1.165, 1.54) is 0 Å². The van der Waals surface area contributed by atoms with E-state index < -0.39 is 0 Å². The average Bonchev–Trinajstić information content (AvgIpc) is 1.95. The molecule has 60 valence electrons. The van der Waals surface area contributed by atoms with Gasteiger partial charge in [-0.25, -0.2) is 4.98 Å². The molecular weight excluding hydrogens is 276 g/mol. The van der Waals surface area contributed by atoms with E-state index in [9.17, 15) is 0 Å². The number of hydrogen-bond donors (Lipinski definition) is 0. The molecule has 4 heteroatoms. The van der Waals surface area contributed by atoms with Gasteiger partial charge in [-0.3, -0.25) is 0 Å². The summed E-state index contributed by atoms with van der Waals surface area (Å²) in [7, 11) is 0. The molecule has 1 aromatic rings. The van der Waals surface area contributed by atoms with Crippen molar-refractivity contribution in [2.24, 2.45) is 0 Å². The van der Waals surface area contributed by atoms with Crippen molar-refractivity contribution in [2.75, 3.05) is 6.61 Å². The van der Waals surface area contributed by atoms with Crippen LogP contribution in [0.15, 0.2) is 12.3 Å². The normalized spacial score (nSPS) is 9.73. The van der Waals surface area contributed by atoms with Gasteiger partial charge >= 0.3 is 0 Å². The van der Waals surface area contributed by atoms with Gasteiger partial charge in [0, 0.05) is 0 Å².